The molecule has 0 saturated heterocycles. The maximum Gasteiger partial charge on any atom is 0.307 e. The van der Waals surface area contributed by atoms with Gasteiger partial charge in [0.2, 0.25) is 0 Å². The molecule has 0 aliphatic rings. The number of halogens is 1. The van der Waals surface area contributed by atoms with E-state index < -0.39 is 0 Å². The predicted molar refractivity (Wildman–Crippen MR) is 59.8 cm³/mol. The van der Waals surface area contributed by atoms with Gasteiger partial charge in [0, 0.05) is 5.88 Å². The molecule has 0 bridgehead atoms. The molecule has 16 heavy (non-hydrogen) atoms. The summed E-state index contributed by atoms with van der Waals surface area (Å²) < 4.78 is 19.9. The van der Waals surface area contributed by atoms with Crippen molar-refractivity contribution in [3.05, 3.63) is 0 Å². The highest BCUT2D eigenvalue weighted by Gasteiger charge is 1.98. The molecule has 96 valence electrons. The smallest absolute Gasteiger partial charge is 0.307 e. The Morgan fingerprint density at radius 1 is 0.938 bits per heavy atom. The van der Waals surface area contributed by atoms with Crippen LogP contribution in [0.15, 0.2) is 0 Å². The van der Waals surface area contributed by atoms with Gasteiger partial charge in [-0.05, 0) is 0 Å². The fourth-order valence-electron chi connectivity index (χ4n) is 0.854. The Bertz CT molecular complexity index is 165. The Kier molecular flexibility index (Phi) is 12.4. The minimum Gasteiger partial charge on any atom is -0.469 e. The SMILES string of the molecule is COC(=O)CCOCCOCCOCCCl. The van der Waals surface area contributed by atoms with E-state index in [4.69, 9.17) is 25.8 Å². The maximum absolute atomic E-state index is 10.7. The van der Waals surface area contributed by atoms with Crippen LogP contribution < -0.4 is 0 Å². The van der Waals surface area contributed by atoms with E-state index in [9.17, 15) is 4.79 Å². The number of ether oxygens (including phenoxy) is 4. The zero-order valence-electron chi connectivity index (χ0n) is 9.58. The van der Waals surface area contributed by atoms with Gasteiger partial charge in [-0.1, -0.05) is 0 Å². The summed E-state index contributed by atoms with van der Waals surface area (Å²) in [5.41, 5.74) is 0. The second kappa shape index (κ2) is 12.7. The van der Waals surface area contributed by atoms with Gasteiger partial charge in [-0.3, -0.25) is 4.79 Å². The van der Waals surface area contributed by atoms with Crippen LogP contribution in [0.4, 0.5) is 0 Å². The fourth-order valence-corrected chi connectivity index (χ4v) is 0.963. The van der Waals surface area contributed by atoms with E-state index in [0.717, 1.165) is 0 Å². The van der Waals surface area contributed by atoms with Gasteiger partial charge in [-0.15, -0.1) is 11.6 Å². The van der Waals surface area contributed by atoms with Gasteiger partial charge >= 0.3 is 5.97 Å². The van der Waals surface area contributed by atoms with Crippen LogP contribution in [0.5, 0.6) is 0 Å². The van der Waals surface area contributed by atoms with Crippen molar-refractivity contribution in [2.45, 2.75) is 6.42 Å². The summed E-state index contributed by atoms with van der Waals surface area (Å²) in [4.78, 5) is 10.7. The van der Waals surface area contributed by atoms with Crippen molar-refractivity contribution >= 4 is 17.6 Å². The summed E-state index contributed by atoms with van der Waals surface area (Å²) in [5, 5.41) is 0. The van der Waals surface area contributed by atoms with Gasteiger partial charge in [0.15, 0.2) is 0 Å². The first-order valence-corrected chi connectivity index (χ1v) is 5.70. The van der Waals surface area contributed by atoms with Crippen molar-refractivity contribution in [2.75, 3.05) is 52.6 Å². The molecule has 5 nitrogen and oxygen atoms in total. The van der Waals surface area contributed by atoms with Gasteiger partial charge in [-0.2, -0.15) is 0 Å². The summed E-state index contributed by atoms with van der Waals surface area (Å²) in [6.07, 6.45) is 0.273. The minimum atomic E-state index is -0.268. The van der Waals surface area contributed by atoms with E-state index >= 15 is 0 Å². The number of carbonyl (C=O) groups excluding carboxylic acids is 1. The van der Waals surface area contributed by atoms with Gasteiger partial charge in [0.05, 0.1) is 53.2 Å². The van der Waals surface area contributed by atoms with Crippen molar-refractivity contribution in [1.29, 1.82) is 0 Å². The molecule has 0 aliphatic heterocycles. The molecule has 0 saturated carbocycles. The van der Waals surface area contributed by atoms with E-state index in [1.807, 2.05) is 0 Å². The molecule has 6 heteroatoms. The maximum atomic E-state index is 10.7. The number of rotatable bonds is 11. The molecule has 0 spiro atoms. The Hall–Kier alpha value is -0.360. The lowest BCUT2D eigenvalue weighted by Gasteiger charge is -2.05. The molecular formula is C10H19ClO5. The highest BCUT2D eigenvalue weighted by atomic mass is 35.5. The Labute approximate surface area is 101 Å². The van der Waals surface area contributed by atoms with Gasteiger partial charge in [0.25, 0.3) is 0 Å². The molecule has 0 rings (SSSR count). The lowest BCUT2D eigenvalue weighted by Crippen LogP contribution is -2.12. The van der Waals surface area contributed by atoms with E-state index in [1.54, 1.807) is 0 Å². The van der Waals surface area contributed by atoms with E-state index in [-0.39, 0.29) is 12.4 Å². The minimum absolute atomic E-state index is 0.268. The number of methoxy groups -OCH3 is 1. The predicted octanol–water partition coefficient (Wildman–Crippen LogP) is 0.838. The Morgan fingerprint density at radius 2 is 1.44 bits per heavy atom. The second-order valence-electron chi connectivity index (χ2n) is 2.85. The van der Waals surface area contributed by atoms with E-state index in [1.165, 1.54) is 7.11 Å². The van der Waals surface area contributed by atoms with Crippen LogP contribution in [0.1, 0.15) is 6.42 Å². The monoisotopic (exact) mass is 254 g/mol. The topological polar surface area (TPSA) is 54.0 Å². The number of alkyl halides is 1. The van der Waals surface area contributed by atoms with Crippen molar-refractivity contribution in [3.63, 3.8) is 0 Å². The molecule has 0 unspecified atom stereocenters. The van der Waals surface area contributed by atoms with Crippen LogP contribution in [0.3, 0.4) is 0 Å². The zero-order chi connectivity index (χ0) is 12.1. The number of hydrogen-bond acceptors (Lipinski definition) is 5. The van der Waals surface area contributed by atoms with Gasteiger partial charge < -0.3 is 18.9 Å². The summed E-state index contributed by atoms with van der Waals surface area (Å²) in [6, 6.07) is 0. The highest BCUT2D eigenvalue weighted by Crippen LogP contribution is 1.87. The molecule has 0 aromatic heterocycles. The lowest BCUT2D eigenvalue weighted by atomic mass is 10.5. The number of carbonyl (C=O) groups is 1. The average molecular weight is 255 g/mol. The van der Waals surface area contributed by atoms with Crippen LogP contribution in [-0.4, -0.2) is 58.6 Å². The van der Waals surface area contributed by atoms with Crippen molar-refractivity contribution in [1.82, 2.24) is 0 Å². The molecule has 0 amide bonds. The molecule has 0 atom stereocenters. The fraction of sp³-hybridized carbons (Fsp3) is 0.900. The molecule has 0 heterocycles. The molecule has 0 aromatic rings. The second-order valence-corrected chi connectivity index (χ2v) is 3.23. The molecule has 0 N–H and O–H groups in total. The number of esters is 1. The quantitative estimate of drug-likeness (QED) is 0.311. The largest absolute Gasteiger partial charge is 0.469 e. The molecule has 0 radical (unpaired) electrons. The van der Waals surface area contributed by atoms with Crippen LogP contribution in [-0.2, 0) is 23.7 Å². The van der Waals surface area contributed by atoms with Crippen LogP contribution in [0.25, 0.3) is 0 Å². The summed E-state index contributed by atoms with van der Waals surface area (Å²) in [6.45, 7) is 2.92. The standard InChI is InChI=1S/C10H19ClO5/c1-13-10(12)2-4-14-6-8-16-9-7-15-5-3-11/h2-9H2,1H3. The summed E-state index contributed by atoms with van der Waals surface area (Å²) >= 11 is 5.41. The third-order valence-corrected chi connectivity index (χ3v) is 1.80. The summed E-state index contributed by atoms with van der Waals surface area (Å²) in [7, 11) is 1.35. The highest BCUT2D eigenvalue weighted by molar-refractivity contribution is 6.17. The first-order valence-electron chi connectivity index (χ1n) is 5.17. The first kappa shape index (κ1) is 15.6. The average Bonchev–Trinajstić information content (AvgIpc) is 2.31. The Balaban J connectivity index is 2.96. The molecular weight excluding hydrogens is 236 g/mol. The number of hydrogen-bond donors (Lipinski definition) is 0. The van der Waals surface area contributed by atoms with Crippen molar-refractivity contribution in [3.8, 4) is 0 Å². The van der Waals surface area contributed by atoms with E-state index in [0.29, 0.717) is 45.5 Å². The molecule has 0 aliphatic carbocycles. The first-order chi connectivity index (χ1) is 7.81. The summed E-state index contributed by atoms with van der Waals surface area (Å²) in [5.74, 6) is 0.229. The molecule has 0 fully saturated rings. The Morgan fingerprint density at radius 3 is 1.94 bits per heavy atom. The lowest BCUT2D eigenvalue weighted by molar-refractivity contribution is -0.141. The van der Waals surface area contributed by atoms with Crippen molar-refractivity contribution < 1.29 is 23.7 Å². The van der Waals surface area contributed by atoms with Gasteiger partial charge in [-0.25, -0.2) is 0 Å². The normalized spacial score (nSPS) is 10.4. The van der Waals surface area contributed by atoms with Crippen LogP contribution >= 0.6 is 11.6 Å². The third kappa shape index (κ3) is 11.7. The van der Waals surface area contributed by atoms with Crippen LogP contribution in [0.2, 0.25) is 0 Å². The molecule has 0 aromatic carbocycles. The van der Waals surface area contributed by atoms with Crippen molar-refractivity contribution in [2.24, 2.45) is 0 Å². The zero-order valence-corrected chi connectivity index (χ0v) is 10.3. The van der Waals surface area contributed by atoms with Gasteiger partial charge in [0.1, 0.15) is 0 Å². The van der Waals surface area contributed by atoms with E-state index in [2.05, 4.69) is 4.74 Å². The van der Waals surface area contributed by atoms with Crippen LogP contribution in [0, 0.1) is 0 Å². The third-order valence-electron chi connectivity index (χ3n) is 1.64.